The maximum absolute atomic E-state index is 12.5. The second kappa shape index (κ2) is 7.77. The maximum atomic E-state index is 12.5. The summed E-state index contributed by atoms with van der Waals surface area (Å²) >= 11 is 0. The number of para-hydroxylation sites is 1. The second-order valence-electron chi connectivity index (χ2n) is 6.05. The molecule has 1 N–H and O–H groups in total. The van der Waals surface area contributed by atoms with E-state index in [1.54, 1.807) is 25.3 Å². The molecule has 0 aliphatic rings. The third-order valence-electron chi connectivity index (χ3n) is 3.89. The Morgan fingerprint density at radius 1 is 1.12 bits per heavy atom. The number of ketones is 1. The van der Waals surface area contributed by atoms with Crippen molar-refractivity contribution in [2.45, 2.75) is 33.1 Å². The number of benzene rings is 2. The Hall–Kier alpha value is -2.62. The average molecular weight is 325 g/mol. The van der Waals surface area contributed by atoms with Gasteiger partial charge in [-0.3, -0.25) is 9.59 Å². The number of hydrogen-bond donors (Lipinski definition) is 1. The van der Waals surface area contributed by atoms with Crippen LogP contribution in [0.25, 0.3) is 0 Å². The zero-order chi connectivity index (χ0) is 17.7. The summed E-state index contributed by atoms with van der Waals surface area (Å²) in [5.74, 6) is 0.746. The molecule has 0 aromatic heterocycles. The first kappa shape index (κ1) is 17.7. The van der Waals surface area contributed by atoms with Crippen LogP contribution in [0.1, 0.15) is 48.2 Å². The number of nitrogens with one attached hydrogen (secondary N) is 1. The molecule has 2 aromatic rings. The summed E-state index contributed by atoms with van der Waals surface area (Å²) < 4.78 is 5.30. The van der Waals surface area contributed by atoms with Gasteiger partial charge in [0.15, 0.2) is 5.78 Å². The number of carbonyl (C=O) groups is 2. The van der Waals surface area contributed by atoms with Crippen LogP contribution in [0.4, 0.5) is 5.69 Å². The number of rotatable bonds is 6. The zero-order valence-corrected chi connectivity index (χ0v) is 14.6. The lowest BCUT2D eigenvalue weighted by atomic mass is 10.0. The molecule has 0 fully saturated rings. The van der Waals surface area contributed by atoms with Crippen LogP contribution in [0.3, 0.4) is 0 Å². The number of carbonyl (C=O) groups excluding carboxylic acids is 2. The largest absolute Gasteiger partial charge is 0.496 e. The number of anilines is 1. The summed E-state index contributed by atoms with van der Waals surface area (Å²) in [6.45, 7) is 5.68. The minimum atomic E-state index is -0.137. The van der Waals surface area contributed by atoms with Crippen molar-refractivity contribution in [3.8, 4) is 5.75 Å². The van der Waals surface area contributed by atoms with E-state index >= 15 is 0 Å². The highest BCUT2D eigenvalue weighted by atomic mass is 16.5. The Labute approximate surface area is 142 Å². The summed E-state index contributed by atoms with van der Waals surface area (Å²) in [6, 6.07) is 12.9. The molecule has 2 rings (SSSR count). The van der Waals surface area contributed by atoms with E-state index in [1.807, 2.05) is 24.3 Å². The minimum absolute atomic E-state index is 0.0375. The highest BCUT2D eigenvalue weighted by molar-refractivity contribution is 5.96. The van der Waals surface area contributed by atoms with Crippen LogP contribution in [0.5, 0.6) is 5.75 Å². The number of hydrogen-bond acceptors (Lipinski definition) is 3. The summed E-state index contributed by atoms with van der Waals surface area (Å²) in [7, 11) is 1.55. The van der Waals surface area contributed by atoms with Crippen molar-refractivity contribution in [2.24, 2.45) is 0 Å². The maximum Gasteiger partial charge on any atom is 0.228 e. The number of ether oxygens (including phenoxy) is 1. The van der Waals surface area contributed by atoms with Crippen molar-refractivity contribution in [1.82, 2.24) is 0 Å². The van der Waals surface area contributed by atoms with E-state index in [2.05, 4.69) is 19.2 Å². The molecule has 0 unspecified atom stereocenters. The molecular formula is C20H23NO3. The third-order valence-corrected chi connectivity index (χ3v) is 3.89. The Balaban J connectivity index is 2.21. The van der Waals surface area contributed by atoms with Crippen LogP contribution < -0.4 is 10.1 Å². The van der Waals surface area contributed by atoms with Crippen LogP contribution in [0.15, 0.2) is 42.5 Å². The van der Waals surface area contributed by atoms with Gasteiger partial charge >= 0.3 is 0 Å². The SMILES string of the molecule is COc1ccc(C(C)=O)cc1CC(=O)Nc1ccccc1C(C)C. The smallest absolute Gasteiger partial charge is 0.228 e. The molecule has 0 radical (unpaired) electrons. The predicted molar refractivity (Wildman–Crippen MR) is 95.9 cm³/mol. The summed E-state index contributed by atoms with van der Waals surface area (Å²) in [5.41, 5.74) is 3.18. The first-order chi connectivity index (χ1) is 11.4. The lowest BCUT2D eigenvalue weighted by molar-refractivity contribution is -0.115. The van der Waals surface area contributed by atoms with Gasteiger partial charge in [0.2, 0.25) is 5.91 Å². The lowest BCUT2D eigenvalue weighted by Gasteiger charge is -2.14. The van der Waals surface area contributed by atoms with Gasteiger partial charge in [0.05, 0.1) is 13.5 Å². The highest BCUT2D eigenvalue weighted by Gasteiger charge is 2.13. The van der Waals surface area contributed by atoms with Gasteiger partial charge in [0.1, 0.15) is 5.75 Å². The number of methoxy groups -OCH3 is 1. The highest BCUT2D eigenvalue weighted by Crippen LogP contribution is 2.25. The van der Waals surface area contributed by atoms with Crippen molar-refractivity contribution in [3.63, 3.8) is 0 Å². The zero-order valence-electron chi connectivity index (χ0n) is 14.6. The monoisotopic (exact) mass is 325 g/mol. The molecule has 1 amide bonds. The Morgan fingerprint density at radius 2 is 1.83 bits per heavy atom. The topological polar surface area (TPSA) is 55.4 Å². The molecule has 0 heterocycles. The molecule has 4 nitrogen and oxygen atoms in total. The summed E-state index contributed by atoms with van der Waals surface area (Å²) in [4.78, 5) is 24.0. The molecule has 4 heteroatoms. The van der Waals surface area contributed by atoms with E-state index in [0.717, 1.165) is 11.3 Å². The molecule has 2 aromatic carbocycles. The van der Waals surface area contributed by atoms with Gasteiger partial charge in [0.25, 0.3) is 0 Å². The van der Waals surface area contributed by atoms with Crippen molar-refractivity contribution in [2.75, 3.05) is 12.4 Å². The van der Waals surface area contributed by atoms with E-state index in [4.69, 9.17) is 4.74 Å². The van der Waals surface area contributed by atoms with E-state index < -0.39 is 0 Å². The van der Waals surface area contributed by atoms with Gasteiger partial charge in [-0.05, 0) is 42.7 Å². The molecule has 24 heavy (non-hydrogen) atoms. The Kier molecular flexibility index (Phi) is 5.74. The van der Waals surface area contributed by atoms with Crippen LogP contribution >= 0.6 is 0 Å². The molecule has 0 aliphatic heterocycles. The van der Waals surface area contributed by atoms with Gasteiger partial charge in [-0.2, -0.15) is 0 Å². The van der Waals surface area contributed by atoms with Crippen LogP contribution in [-0.4, -0.2) is 18.8 Å². The van der Waals surface area contributed by atoms with Crippen LogP contribution in [0.2, 0.25) is 0 Å². The second-order valence-corrected chi connectivity index (χ2v) is 6.05. The average Bonchev–Trinajstić information content (AvgIpc) is 2.54. The standard InChI is InChI=1S/C20H23NO3/c1-13(2)17-7-5-6-8-18(17)21-20(23)12-16-11-15(14(3)22)9-10-19(16)24-4/h5-11,13H,12H2,1-4H3,(H,21,23). The molecule has 0 saturated carbocycles. The molecule has 0 saturated heterocycles. The van der Waals surface area contributed by atoms with Crippen molar-refractivity contribution in [1.29, 1.82) is 0 Å². The predicted octanol–water partition coefficient (Wildman–Crippen LogP) is 4.20. The van der Waals surface area contributed by atoms with Crippen LogP contribution in [-0.2, 0) is 11.2 Å². The van der Waals surface area contributed by atoms with Crippen molar-refractivity contribution >= 4 is 17.4 Å². The summed E-state index contributed by atoms with van der Waals surface area (Å²) in [6.07, 6.45) is 0.150. The fourth-order valence-electron chi connectivity index (χ4n) is 2.62. The van der Waals surface area contributed by atoms with Gasteiger partial charge in [-0.1, -0.05) is 32.0 Å². The van der Waals surface area contributed by atoms with Gasteiger partial charge in [0, 0.05) is 16.8 Å². The molecule has 0 bridgehead atoms. The van der Waals surface area contributed by atoms with E-state index in [0.29, 0.717) is 22.8 Å². The first-order valence-corrected chi connectivity index (χ1v) is 7.99. The van der Waals surface area contributed by atoms with Crippen LogP contribution in [0, 0.1) is 0 Å². The third kappa shape index (κ3) is 4.22. The van der Waals surface area contributed by atoms with Crippen molar-refractivity contribution in [3.05, 3.63) is 59.2 Å². The van der Waals surface area contributed by atoms with Gasteiger partial charge in [-0.25, -0.2) is 0 Å². The first-order valence-electron chi connectivity index (χ1n) is 7.99. The van der Waals surface area contributed by atoms with E-state index in [-0.39, 0.29) is 18.1 Å². The fourth-order valence-corrected chi connectivity index (χ4v) is 2.62. The summed E-state index contributed by atoms with van der Waals surface area (Å²) in [5, 5.41) is 2.96. The van der Waals surface area contributed by atoms with Gasteiger partial charge < -0.3 is 10.1 Å². The minimum Gasteiger partial charge on any atom is -0.496 e. The van der Waals surface area contributed by atoms with E-state index in [9.17, 15) is 9.59 Å². The Morgan fingerprint density at radius 3 is 2.46 bits per heavy atom. The fraction of sp³-hybridized carbons (Fsp3) is 0.300. The molecule has 0 spiro atoms. The normalized spacial score (nSPS) is 10.5. The Bertz CT molecular complexity index is 750. The quantitative estimate of drug-likeness (QED) is 0.810. The number of amides is 1. The van der Waals surface area contributed by atoms with Gasteiger partial charge in [-0.15, -0.1) is 0 Å². The molecular weight excluding hydrogens is 302 g/mol. The lowest BCUT2D eigenvalue weighted by Crippen LogP contribution is -2.16. The van der Waals surface area contributed by atoms with Crippen molar-refractivity contribution < 1.29 is 14.3 Å². The molecule has 0 aliphatic carbocycles. The molecule has 126 valence electrons. The molecule has 0 atom stereocenters. The van der Waals surface area contributed by atoms with E-state index in [1.165, 1.54) is 6.92 Å². The number of Topliss-reactive ketones (excluding diaryl/α,β-unsaturated/α-hetero) is 1.